The number of rotatable bonds is 5. The number of nitrogens with two attached hydrogens (primary N) is 1. The summed E-state index contributed by atoms with van der Waals surface area (Å²) in [5.74, 6) is 0. The molecular weight excluding hydrogens is 386 g/mol. The van der Waals surface area contributed by atoms with Gasteiger partial charge in [0.1, 0.15) is 0 Å². The van der Waals surface area contributed by atoms with Crippen molar-refractivity contribution in [3.63, 3.8) is 0 Å². The maximum Gasteiger partial charge on any atom is 0.0740 e. The van der Waals surface area contributed by atoms with Crippen molar-refractivity contribution in [2.45, 2.75) is 19.5 Å². The van der Waals surface area contributed by atoms with Crippen LogP contribution in [0.25, 0.3) is 0 Å². The van der Waals surface area contributed by atoms with Gasteiger partial charge in [0, 0.05) is 11.6 Å². The van der Waals surface area contributed by atoms with Crippen LogP contribution in [0.4, 0.5) is 0 Å². The molecule has 0 aliphatic carbocycles. The molecule has 0 saturated heterocycles. The number of aromatic nitrogens is 2. The van der Waals surface area contributed by atoms with Gasteiger partial charge >= 0.3 is 0 Å². The zero-order valence-electron chi connectivity index (χ0n) is 11.4. The standard InChI is InChI=1S/C14H17Br2N3O/c1-9-10(4-3-5-11(9)15)13(17)14-12(16)8-18-19(14)6-7-20-2/h3-5,8,13H,6-7,17H2,1-2H3. The number of benzene rings is 1. The molecule has 2 N–H and O–H groups in total. The highest BCUT2D eigenvalue weighted by Crippen LogP contribution is 2.31. The van der Waals surface area contributed by atoms with E-state index in [-0.39, 0.29) is 6.04 Å². The van der Waals surface area contributed by atoms with Crippen molar-refractivity contribution in [1.82, 2.24) is 9.78 Å². The monoisotopic (exact) mass is 401 g/mol. The van der Waals surface area contributed by atoms with E-state index in [4.69, 9.17) is 10.5 Å². The van der Waals surface area contributed by atoms with E-state index in [1.807, 2.05) is 22.9 Å². The Labute approximate surface area is 135 Å². The number of nitrogens with zero attached hydrogens (tertiary/aromatic N) is 2. The minimum Gasteiger partial charge on any atom is -0.383 e. The van der Waals surface area contributed by atoms with Crippen LogP contribution in [0.2, 0.25) is 0 Å². The van der Waals surface area contributed by atoms with Crippen LogP contribution in [-0.4, -0.2) is 23.5 Å². The summed E-state index contributed by atoms with van der Waals surface area (Å²) in [4.78, 5) is 0. The SMILES string of the molecule is COCCn1ncc(Br)c1C(N)c1cccc(Br)c1C. The molecule has 4 nitrogen and oxygen atoms in total. The van der Waals surface area contributed by atoms with Crippen molar-refractivity contribution in [2.75, 3.05) is 13.7 Å². The number of halogens is 2. The molecule has 1 aromatic carbocycles. The van der Waals surface area contributed by atoms with Gasteiger partial charge in [0.25, 0.3) is 0 Å². The fraction of sp³-hybridized carbons (Fsp3) is 0.357. The normalized spacial score (nSPS) is 12.7. The second-order valence-electron chi connectivity index (χ2n) is 4.53. The van der Waals surface area contributed by atoms with E-state index in [1.165, 1.54) is 0 Å². The molecule has 0 amide bonds. The average Bonchev–Trinajstić information content (AvgIpc) is 2.80. The zero-order chi connectivity index (χ0) is 14.7. The van der Waals surface area contributed by atoms with Gasteiger partial charge in [-0.15, -0.1) is 0 Å². The minimum atomic E-state index is -0.235. The van der Waals surface area contributed by atoms with Gasteiger partial charge in [0.2, 0.25) is 0 Å². The summed E-state index contributed by atoms with van der Waals surface area (Å²) < 4.78 is 8.98. The Balaban J connectivity index is 2.40. The van der Waals surface area contributed by atoms with Gasteiger partial charge in [0.05, 0.1) is 35.6 Å². The summed E-state index contributed by atoms with van der Waals surface area (Å²) in [5, 5.41) is 4.35. The van der Waals surface area contributed by atoms with Crippen molar-refractivity contribution < 1.29 is 4.74 Å². The lowest BCUT2D eigenvalue weighted by Crippen LogP contribution is -2.20. The van der Waals surface area contributed by atoms with Gasteiger partial charge < -0.3 is 10.5 Å². The van der Waals surface area contributed by atoms with Gasteiger partial charge in [-0.25, -0.2) is 0 Å². The number of hydrogen-bond donors (Lipinski definition) is 1. The summed E-state index contributed by atoms with van der Waals surface area (Å²) in [6.07, 6.45) is 1.78. The second-order valence-corrected chi connectivity index (χ2v) is 6.23. The van der Waals surface area contributed by atoms with Gasteiger partial charge in [-0.2, -0.15) is 5.10 Å². The van der Waals surface area contributed by atoms with E-state index < -0.39 is 0 Å². The first kappa shape index (κ1) is 15.7. The van der Waals surface area contributed by atoms with Gasteiger partial charge in [0.15, 0.2) is 0 Å². The van der Waals surface area contributed by atoms with Crippen LogP contribution in [0.15, 0.2) is 33.3 Å². The third-order valence-corrected chi connectivity index (χ3v) is 4.75. The molecule has 0 spiro atoms. The highest BCUT2D eigenvalue weighted by atomic mass is 79.9. The molecule has 1 heterocycles. The Bertz CT molecular complexity index is 598. The Hall–Kier alpha value is -0.690. The summed E-state index contributed by atoms with van der Waals surface area (Å²) in [6.45, 7) is 3.34. The average molecular weight is 403 g/mol. The van der Waals surface area contributed by atoms with Crippen LogP contribution in [0, 0.1) is 6.92 Å². The Morgan fingerprint density at radius 1 is 1.35 bits per heavy atom. The molecule has 0 aliphatic rings. The third kappa shape index (κ3) is 3.14. The highest BCUT2D eigenvalue weighted by Gasteiger charge is 2.20. The van der Waals surface area contributed by atoms with Crippen LogP contribution in [0.3, 0.4) is 0 Å². The first-order valence-corrected chi connectivity index (χ1v) is 7.85. The van der Waals surface area contributed by atoms with E-state index >= 15 is 0 Å². The molecule has 0 fully saturated rings. The van der Waals surface area contributed by atoms with Crippen LogP contribution in [-0.2, 0) is 11.3 Å². The fourth-order valence-electron chi connectivity index (χ4n) is 2.15. The maximum atomic E-state index is 6.45. The molecule has 108 valence electrons. The zero-order valence-corrected chi connectivity index (χ0v) is 14.6. The topological polar surface area (TPSA) is 53.1 Å². The van der Waals surface area contributed by atoms with E-state index in [0.717, 1.165) is 25.8 Å². The molecule has 1 aromatic heterocycles. The van der Waals surface area contributed by atoms with E-state index in [9.17, 15) is 0 Å². The highest BCUT2D eigenvalue weighted by molar-refractivity contribution is 9.10. The molecule has 0 radical (unpaired) electrons. The molecule has 0 saturated carbocycles. The number of methoxy groups -OCH3 is 1. The van der Waals surface area contributed by atoms with Crippen molar-refractivity contribution in [1.29, 1.82) is 0 Å². The van der Waals surface area contributed by atoms with E-state index in [0.29, 0.717) is 13.2 Å². The van der Waals surface area contributed by atoms with Crippen molar-refractivity contribution in [3.05, 3.63) is 50.2 Å². The quantitative estimate of drug-likeness (QED) is 0.833. The summed E-state index contributed by atoms with van der Waals surface area (Å²) in [5.41, 5.74) is 9.64. The molecule has 0 bridgehead atoms. The third-order valence-electron chi connectivity index (χ3n) is 3.28. The predicted octanol–water partition coefficient (Wildman–Crippen LogP) is 3.41. The van der Waals surface area contributed by atoms with Gasteiger partial charge in [-0.05, 0) is 40.0 Å². The Morgan fingerprint density at radius 2 is 2.10 bits per heavy atom. The first-order chi connectivity index (χ1) is 9.56. The van der Waals surface area contributed by atoms with Gasteiger partial charge in [-0.3, -0.25) is 4.68 Å². The Kier molecular flexibility index (Phi) is 5.37. The molecule has 20 heavy (non-hydrogen) atoms. The molecule has 2 aromatic rings. The number of hydrogen-bond acceptors (Lipinski definition) is 3. The molecule has 6 heteroatoms. The van der Waals surface area contributed by atoms with Crippen LogP contribution < -0.4 is 5.73 Å². The van der Waals surface area contributed by atoms with E-state index in [2.05, 4.69) is 43.9 Å². The summed E-state index contributed by atoms with van der Waals surface area (Å²) in [7, 11) is 1.68. The summed E-state index contributed by atoms with van der Waals surface area (Å²) in [6, 6.07) is 5.82. The second kappa shape index (κ2) is 6.85. The molecule has 1 atom stereocenters. The lowest BCUT2D eigenvalue weighted by molar-refractivity contribution is 0.182. The summed E-state index contributed by atoms with van der Waals surface area (Å²) >= 11 is 7.08. The molecular formula is C14H17Br2N3O. The molecule has 2 rings (SSSR count). The number of ether oxygens (including phenoxy) is 1. The predicted molar refractivity (Wildman–Crippen MR) is 86.7 cm³/mol. The Morgan fingerprint density at radius 3 is 2.80 bits per heavy atom. The van der Waals surface area contributed by atoms with Crippen molar-refractivity contribution >= 4 is 31.9 Å². The smallest absolute Gasteiger partial charge is 0.0740 e. The lowest BCUT2D eigenvalue weighted by Gasteiger charge is -2.18. The van der Waals surface area contributed by atoms with Crippen molar-refractivity contribution in [2.24, 2.45) is 5.73 Å². The van der Waals surface area contributed by atoms with Crippen LogP contribution in [0.1, 0.15) is 22.9 Å². The molecule has 1 unspecified atom stereocenters. The molecule has 0 aliphatic heterocycles. The first-order valence-electron chi connectivity index (χ1n) is 6.27. The van der Waals surface area contributed by atoms with Crippen LogP contribution >= 0.6 is 31.9 Å². The fourth-order valence-corrected chi connectivity index (χ4v) is 3.07. The minimum absolute atomic E-state index is 0.235. The van der Waals surface area contributed by atoms with Crippen LogP contribution in [0.5, 0.6) is 0 Å². The van der Waals surface area contributed by atoms with E-state index in [1.54, 1.807) is 13.3 Å². The largest absolute Gasteiger partial charge is 0.383 e. The van der Waals surface area contributed by atoms with Gasteiger partial charge in [-0.1, -0.05) is 28.1 Å². The van der Waals surface area contributed by atoms with Crippen molar-refractivity contribution in [3.8, 4) is 0 Å². The maximum absolute atomic E-state index is 6.45. The lowest BCUT2D eigenvalue weighted by atomic mass is 9.99.